The molecule has 3 nitrogen and oxygen atoms in total. The minimum absolute atomic E-state index is 0.567. The fraction of sp³-hybridized carbons (Fsp3) is 0.800. The minimum Gasteiger partial charge on any atom is -0.314 e. The average Bonchev–Trinajstić information content (AvgIpc) is 2.52. The molecule has 4 heteroatoms. The smallest absolute Gasteiger partial charge is 0.139 e. The summed E-state index contributed by atoms with van der Waals surface area (Å²) in [5.41, 5.74) is 0. The zero-order chi connectivity index (χ0) is 10.4. The third-order valence-electron chi connectivity index (χ3n) is 2.12. The van der Waals surface area contributed by atoms with E-state index >= 15 is 0 Å². The van der Waals surface area contributed by atoms with E-state index in [9.17, 15) is 0 Å². The topological polar surface area (TPSA) is 37.8 Å². The zero-order valence-electron chi connectivity index (χ0n) is 9.21. The molecule has 0 bridgehead atoms. The Bertz CT molecular complexity index is 254. The molecule has 0 spiro atoms. The molecular weight excluding hydrogens is 194 g/mol. The number of likely N-dealkylation sites (N-methyl/N-ethyl adjacent to an activating group) is 1. The van der Waals surface area contributed by atoms with Gasteiger partial charge in [0.25, 0.3) is 0 Å². The van der Waals surface area contributed by atoms with Crippen molar-refractivity contribution in [2.24, 2.45) is 0 Å². The van der Waals surface area contributed by atoms with E-state index in [1.165, 1.54) is 24.4 Å². The highest BCUT2D eigenvalue weighted by Gasteiger charge is 2.09. The van der Waals surface area contributed by atoms with Crippen molar-refractivity contribution in [3.05, 3.63) is 10.8 Å². The van der Waals surface area contributed by atoms with Gasteiger partial charge in [-0.05, 0) is 31.4 Å². The van der Waals surface area contributed by atoms with Crippen LogP contribution < -0.4 is 5.32 Å². The summed E-state index contributed by atoms with van der Waals surface area (Å²) in [6.45, 7) is 7.34. The fourth-order valence-electron chi connectivity index (χ4n) is 1.55. The number of hydrogen-bond donors (Lipinski definition) is 1. The summed E-state index contributed by atoms with van der Waals surface area (Å²) in [5, 5.41) is 4.63. The lowest BCUT2D eigenvalue weighted by Gasteiger charge is -2.14. The van der Waals surface area contributed by atoms with Gasteiger partial charge in [0.15, 0.2) is 0 Å². The van der Waals surface area contributed by atoms with Crippen LogP contribution in [0.4, 0.5) is 0 Å². The number of hydrogen-bond acceptors (Lipinski definition) is 4. The Hall–Kier alpha value is -0.480. The maximum Gasteiger partial charge on any atom is 0.139 e. The van der Waals surface area contributed by atoms with Crippen LogP contribution in [0.5, 0.6) is 0 Å². The molecule has 0 aromatic carbocycles. The summed E-state index contributed by atoms with van der Waals surface area (Å²) >= 11 is 1.53. The van der Waals surface area contributed by atoms with Crippen molar-refractivity contribution in [1.29, 1.82) is 0 Å². The van der Waals surface area contributed by atoms with Gasteiger partial charge >= 0.3 is 0 Å². The summed E-state index contributed by atoms with van der Waals surface area (Å²) in [4.78, 5) is 4.38. The van der Waals surface area contributed by atoms with Crippen LogP contribution in [0.1, 0.15) is 37.5 Å². The van der Waals surface area contributed by atoms with E-state index < -0.39 is 0 Å². The lowest BCUT2D eigenvalue weighted by Crippen LogP contribution is -2.30. The van der Waals surface area contributed by atoms with Gasteiger partial charge < -0.3 is 5.32 Å². The summed E-state index contributed by atoms with van der Waals surface area (Å²) in [6.07, 6.45) is 3.45. The molecule has 14 heavy (non-hydrogen) atoms. The van der Waals surface area contributed by atoms with Crippen molar-refractivity contribution >= 4 is 11.5 Å². The molecule has 0 saturated carbocycles. The lowest BCUT2D eigenvalue weighted by atomic mass is 10.1. The van der Waals surface area contributed by atoms with Crippen molar-refractivity contribution in [1.82, 2.24) is 14.7 Å². The Morgan fingerprint density at radius 2 is 2.21 bits per heavy atom. The second kappa shape index (κ2) is 6.09. The number of aromatic nitrogens is 2. The van der Waals surface area contributed by atoms with E-state index in [-0.39, 0.29) is 0 Å². The van der Waals surface area contributed by atoms with Gasteiger partial charge in [-0.25, -0.2) is 4.98 Å². The molecule has 0 fully saturated rings. The molecule has 0 saturated heterocycles. The second-order valence-corrected chi connectivity index (χ2v) is 4.32. The number of nitrogens with one attached hydrogen (secondary N) is 1. The normalized spacial score (nSPS) is 13.1. The SMILES string of the molecule is CCCC(Cc1nc(C)ns1)NCC. The fourth-order valence-corrected chi connectivity index (χ4v) is 2.27. The minimum atomic E-state index is 0.567. The highest BCUT2D eigenvalue weighted by Crippen LogP contribution is 2.09. The molecule has 0 radical (unpaired) electrons. The maximum absolute atomic E-state index is 4.38. The van der Waals surface area contributed by atoms with E-state index in [0.29, 0.717) is 6.04 Å². The van der Waals surface area contributed by atoms with Crippen LogP contribution in [-0.4, -0.2) is 21.9 Å². The molecule has 1 aromatic rings. The van der Waals surface area contributed by atoms with E-state index in [4.69, 9.17) is 0 Å². The van der Waals surface area contributed by atoms with Gasteiger partial charge in [0.2, 0.25) is 0 Å². The van der Waals surface area contributed by atoms with Gasteiger partial charge in [-0.15, -0.1) is 0 Å². The Morgan fingerprint density at radius 1 is 1.43 bits per heavy atom. The Labute approximate surface area is 90.1 Å². The Balaban J connectivity index is 2.46. The number of aryl methyl sites for hydroxylation is 1. The van der Waals surface area contributed by atoms with Crippen molar-refractivity contribution in [2.75, 3.05) is 6.54 Å². The van der Waals surface area contributed by atoms with Crippen LogP contribution in [0.2, 0.25) is 0 Å². The Kier molecular flexibility index (Phi) is 5.04. The van der Waals surface area contributed by atoms with Gasteiger partial charge in [-0.2, -0.15) is 4.37 Å². The van der Waals surface area contributed by atoms with Gasteiger partial charge in [-0.3, -0.25) is 0 Å². The van der Waals surface area contributed by atoms with Gasteiger partial charge in [-0.1, -0.05) is 20.3 Å². The summed E-state index contributed by atoms with van der Waals surface area (Å²) in [5.74, 6) is 0.900. The molecule has 1 N–H and O–H groups in total. The third-order valence-corrected chi connectivity index (χ3v) is 2.94. The second-order valence-electron chi connectivity index (χ2n) is 3.48. The highest BCUT2D eigenvalue weighted by atomic mass is 32.1. The predicted molar refractivity (Wildman–Crippen MR) is 60.7 cm³/mol. The molecule has 80 valence electrons. The number of nitrogens with zero attached hydrogens (tertiary/aromatic N) is 2. The van der Waals surface area contributed by atoms with Gasteiger partial charge in [0.1, 0.15) is 10.8 Å². The van der Waals surface area contributed by atoms with Crippen molar-refractivity contribution in [3.63, 3.8) is 0 Å². The van der Waals surface area contributed by atoms with Crippen molar-refractivity contribution < 1.29 is 0 Å². The number of rotatable bonds is 6. The van der Waals surface area contributed by atoms with Crippen molar-refractivity contribution in [3.8, 4) is 0 Å². The molecular formula is C10H19N3S. The molecule has 0 aliphatic carbocycles. The zero-order valence-corrected chi connectivity index (χ0v) is 10.0. The summed E-state index contributed by atoms with van der Waals surface area (Å²) < 4.78 is 4.19. The standard InChI is InChI=1S/C10H19N3S/c1-4-6-9(11-5-2)7-10-12-8(3)13-14-10/h9,11H,4-7H2,1-3H3. The highest BCUT2D eigenvalue weighted by molar-refractivity contribution is 7.05. The van der Waals surface area contributed by atoms with E-state index in [2.05, 4.69) is 28.5 Å². The van der Waals surface area contributed by atoms with Gasteiger partial charge in [0.05, 0.1) is 0 Å². The largest absolute Gasteiger partial charge is 0.314 e. The van der Waals surface area contributed by atoms with Crippen LogP contribution >= 0.6 is 11.5 Å². The first kappa shape index (κ1) is 11.6. The van der Waals surface area contributed by atoms with Crippen LogP contribution in [0.25, 0.3) is 0 Å². The maximum atomic E-state index is 4.38. The molecule has 1 unspecified atom stereocenters. The van der Waals surface area contributed by atoms with E-state index in [1.54, 1.807) is 0 Å². The van der Waals surface area contributed by atoms with Crippen molar-refractivity contribution in [2.45, 2.75) is 46.1 Å². The van der Waals surface area contributed by atoms with E-state index in [0.717, 1.165) is 23.8 Å². The quantitative estimate of drug-likeness (QED) is 0.787. The monoisotopic (exact) mass is 213 g/mol. The molecule has 0 aliphatic rings. The van der Waals surface area contributed by atoms with Crippen LogP contribution in [0, 0.1) is 6.92 Å². The summed E-state index contributed by atoms with van der Waals surface area (Å²) in [6, 6.07) is 0.567. The lowest BCUT2D eigenvalue weighted by molar-refractivity contribution is 0.485. The first-order valence-corrected chi connectivity index (χ1v) is 6.06. The summed E-state index contributed by atoms with van der Waals surface area (Å²) in [7, 11) is 0. The molecule has 1 heterocycles. The molecule has 0 amide bonds. The molecule has 1 aromatic heterocycles. The van der Waals surface area contributed by atoms with Gasteiger partial charge in [0, 0.05) is 12.5 Å². The van der Waals surface area contributed by atoms with Crippen LogP contribution in [-0.2, 0) is 6.42 Å². The van der Waals surface area contributed by atoms with Crippen LogP contribution in [0.15, 0.2) is 0 Å². The first-order valence-electron chi connectivity index (χ1n) is 5.28. The average molecular weight is 213 g/mol. The Morgan fingerprint density at radius 3 is 2.71 bits per heavy atom. The third kappa shape index (κ3) is 3.72. The molecule has 1 rings (SSSR count). The first-order chi connectivity index (χ1) is 6.76. The molecule has 0 aliphatic heterocycles. The van der Waals surface area contributed by atoms with Crippen LogP contribution in [0.3, 0.4) is 0 Å². The predicted octanol–water partition coefficient (Wildman–Crippen LogP) is 2.17. The van der Waals surface area contributed by atoms with E-state index in [1.807, 2.05) is 6.92 Å². The molecule has 1 atom stereocenters.